The van der Waals surface area contributed by atoms with Crippen LogP contribution in [-0.4, -0.2) is 41.9 Å². The lowest BCUT2D eigenvalue weighted by molar-refractivity contribution is -0.144. The molecule has 9 heteroatoms. The van der Waals surface area contributed by atoms with Gasteiger partial charge in [-0.3, -0.25) is 9.48 Å². The molecular formula is C23H25N7O2. The molecule has 32 heavy (non-hydrogen) atoms. The van der Waals surface area contributed by atoms with Gasteiger partial charge in [-0.25, -0.2) is 9.97 Å². The van der Waals surface area contributed by atoms with Gasteiger partial charge in [-0.15, -0.1) is 0 Å². The number of esters is 1. The van der Waals surface area contributed by atoms with Crippen LogP contribution >= 0.6 is 0 Å². The number of rotatable bonds is 6. The first-order chi connectivity index (χ1) is 15.7. The molecule has 1 aliphatic rings. The normalized spacial score (nSPS) is 18.8. The third kappa shape index (κ3) is 3.62. The Balaban J connectivity index is 1.57. The predicted molar refractivity (Wildman–Crippen MR) is 118 cm³/mol. The number of H-pyrrole nitrogens is 1. The molecule has 0 unspecified atom stereocenters. The van der Waals surface area contributed by atoms with Crippen LogP contribution in [0, 0.1) is 17.2 Å². The number of carbonyl (C=O) groups is 1. The zero-order valence-corrected chi connectivity index (χ0v) is 18.0. The zero-order chi connectivity index (χ0) is 22.1. The summed E-state index contributed by atoms with van der Waals surface area (Å²) in [4.78, 5) is 24.5. The number of carbonyl (C=O) groups excluding carboxylic acids is 1. The molecule has 0 saturated heterocycles. The molecule has 1 fully saturated rings. The number of hydrogen-bond donors (Lipinski definition) is 1. The minimum absolute atomic E-state index is 0.0664. The summed E-state index contributed by atoms with van der Waals surface area (Å²) >= 11 is 0. The standard InChI is InChI=1S/C23H25N7O2/c1-2-32-20(31)14-29-13-16(11-27-29)23-28-19-12-26-22-18(8-10-25-22)21(19)30(23)17-5-3-15(4-6-17)7-9-24/h8,10-13,15,17H,2-7,14H2,1H3,(H,25,26)/t15-,17-. The Kier molecular flexibility index (Phi) is 5.35. The van der Waals surface area contributed by atoms with Gasteiger partial charge in [0.15, 0.2) is 0 Å². The maximum absolute atomic E-state index is 11.9. The van der Waals surface area contributed by atoms with Gasteiger partial charge in [0.2, 0.25) is 0 Å². The molecule has 1 N–H and O–H groups in total. The number of nitrogens with one attached hydrogen (secondary N) is 1. The van der Waals surface area contributed by atoms with Gasteiger partial charge in [-0.05, 0) is 44.6 Å². The molecule has 1 saturated carbocycles. The van der Waals surface area contributed by atoms with E-state index in [9.17, 15) is 4.79 Å². The molecule has 164 valence electrons. The fraction of sp³-hybridized carbons (Fsp3) is 0.435. The number of hydrogen-bond acceptors (Lipinski definition) is 6. The van der Waals surface area contributed by atoms with E-state index in [1.165, 1.54) is 0 Å². The average Bonchev–Trinajstić information content (AvgIpc) is 3.52. The summed E-state index contributed by atoms with van der Waals surface area (Å²) in [7, 11) is 0. The molecular weight excluding hydrogens is 406 g/mol. The summed E-state index contributed by atoms with van der Waals surface area (Å²) in [6.07, 6.45) is 12.0. The van der Waals surface area contributed by atoms with Crippen LogP contribution in [0.15, 0.2) is 30.9 Å². The number of nitriles is 1. The summed E-state index contributed by atoms with van der Waals surface area (Å²) in [6, 6.07) is 4.64. The number of fused-ring (bicyclic) bond motifs is 3. The van der Waals surface area contributed by atoms with Crippen LogP contribution in [-0.2, 0) is 16.1 Å². The van der Waals surface area contributed by atoms with Gasteiger partial charge in [0.05, 0.1) is 36.1 Å². The molecule has 0 bridgehead atoms. The number of nitrogens with zero attached hydrogens (tertiary/aromatic N) is 6. The number of aromatic amines is 1. The van der Waals surface area contributed by atoms with Crippen LogP contribution in [0.2, 0.25) is 0 Å². The SMILES string of the molecule is CCOC(=O)Cn1cc(-c2nc3cnc4[nH]ccc4c3n2[C@H]2CC[C@H](CC#N)CC2)cn1. The van der Waals surface area contributed by atoms with Crippen LogP contribution in [0.3, 0.4) is 0 Å². The molecule has 0 atom stereocenters. The van der Waals surface area contributed by atoms with Crippen LogP contribution in [0.1, 0.15) is 45.1 Å². The van der Waals surface area contributed by atoms with Crippen molar-refractivity contribution in [2.75, 3.05) is 6.61 Å². The first kappa shape index (κ1) is 20.2. The van der Waals surface area contributed by atoms with Crippen molar-refractivity contribution < 1.29 is 9.53 Å². The Labute approximate surface area is 185 Å². The molecule has 9 nitrogen and oxygen atoms in total. The van der Waals surface area contributed by atoms with Crippen molar-refractivity contribution in [3.05, 3.63) is 30.9 Å². The highest BCUT2D eigenvalue weighted by molar-refractivity contribution is 6.02. The second-order valence-corrected chi connectivity index (χ2v) is 8.31. The number of imidazole rings is 1. The van der Waals surface area contributed by atoms with E-state index in [2.05, 4.69) is 25.7 Å². The van der Waals surface area contributed by atoms with E-state index in [1.807, 2.05) is 18.5 Å². The van der Waals surface area contributed by atoms with E-state index in [1.54, 1.807) is 24.0 Å². The van der Waals surface area contributed by atoms with Crippen molar-refractivity contribution in [3.8, 4) is 17.5 Å². The zero-order valence-electron chi connectivity index (χ0n) is 18.0. The first-order valence-corrected chi connectivity index (χ1v) is 11.1. The number of pyridine rings is 1. The Hall–Kier alpha value is -3.67. The van der Waals surface area contributed by atoms with Crippen LogP contribution in [0.5, 0.6) is 0 Å². The average molecular weight is 432 g/mol. The minimum atomic E-state index is -0.315. The molecule has 0 radical (unpaired) electrons. The lowest BCUT2D eigenvalue weighted by atomic mass is 9.84. The van der Waals surface area contributed by atoms with Crippen LogP contribution < -0.4 is 0 Å². The highest BCUT2D eigenvalue weighted by Gasteiger charge is 2.28. The quantitative estimate of drug-likeness (QED) is 0.462. The van der Waals surface area contributed by atoms with E-state index < -0.39 is 0 Å². The van der Waals surface area contributed by atoms with Gasteiger partial charge in [0.25, 0.3) is 0 Å². The minimum Gasteiger partial charge on any atom is -0.465 e. The second kappa shape index (κ2) is 8.46. The molecule has 4 heterocycles. The molecule has 5 rings (SSSR count). The monoisotopic (exact) mass is 431 g/mol. The van der Waals surface area contributed by atoms with Crippen molar-refractivity contribution >= 4 is 28.0 Å². The maximum Gasteiger partial charge on any atom is 0.327 e. The van der Waals surface area contributed by atoms with Gasteiger partial charge in [-0.2, -0.15) is 10.4 Å². The van der Waals surface area contributed by atoms with E-state index in [4.69, 9.17) is 15.0 Å². The molecule has 0 aromatic carbocycles. The molecule has 0 amide bonds. The summed E-state index contributed by atoms with van der Waals surface area (Å²) in [5.74, 6) is 0.981. The topological polar surface area (TPSA) is 114 Å². The van der Waals surface area contributed by atoms with Gasteiger partial charge in [-0.1, -0.05) is 0 Å². The van der Waals surface area contributed by atoms with E-state index in [-0.39, 0.29) is 18.6 Å². The van der Waals surface area contributed by atoms with Gasteiger partial charge in [0, 0.05) is 30.2 Å². The van der Waals surface area contributed by atoms with E-state index in [0.717, 1.165) is 59.1 Å². The lowest BCUT2D eigenvalue weighted by Crippen LogP contribution is -2.19. The third-order valence-corrected chi connectivity index (χ3v) is 6.28. The van der Waals surface area contributed by atoms with Crippen LogP contribution in [0.25, 0.3) is 33.5 Å². The van der Waals surface area contributed by atoms with Crippen molar-refractivity contribution in [2.24, 2.45) is 5.92 Å². The van der Waals surface area contributed by atoms with Crippen molar-refractivity contribution in [3.63, 3.8) is 0 Å². The Morgan fingerprint density at radius 3 is 2.94 bits per heavy atom. The Bertz CT molecular complexity index is 1300. The molecule has 0 aliphatic heterocycles. The van der Waals surface area contributed by atoms with E-state index >= 15 is 0 Å². The fourth-order valence-corrected chi connectivity index (χ4v) is 4.79. The first-order valence-electron chi connectivity index (χ1n) is 11.1. The summed E-state index contributed by atoms with van der Waals surface area (Å²) in [6.45, 7) is 2.20. The summed E-state index contributed by atoms with van der Waals surface area (Å²) in [5, 5.41) is 14.5. The number of aromatic nitrogens is 6. The summed E-state index contributed by atoms with van der Waals surface area (Å²) in [5.41, 5.74) is 3.59. The third-order valence-electron chi connectivity index (χ3n) is 6.28. The highest BCUT2D eigenvalue weighted by Crippen LogP contribution is 2.40. The highest BCUT2D eigenvalue weighted by atomic mass is 16.5. The molecule has 0 spiro atoms. The summed E-state index contributed by atoms with van der Waals surface area (Å²) < 4.78 is 8.95. The van der Waals surface area contributed by atoms with Gasteiger partial charge < -0.3 is 14.3 Å². The van der Waals surface area contributed by atoms with Gasteiger partial charge >= 0.3 is 5.97 Å². The fourth-order valence-electron chi connectivity index (χ4n) is 4.79. The van der Waals surface area contributed by atoms with E-state index in [0.29, 0.717) is 18.9 Å². The lowest BCUT2D eigenvalue weighted by Gasteiger charge is -2.29. The molecule has 4 aromatic rings. The van der Waals surface area contributed by atoms with Crippen molar-refractivity contribution in [2.45, 2.75) is 51.6 Å². The predicted octanol–water partition coefficient (Wildman–Crippen LogP) is 3.98. The van der Waals surface area contributed by atoms with Gasteiger partial charge in [0.1, 0.15) is 23.5 Å². The van der Waals surface area contributed by atoms with Crippen molar-refractivity contribution in [1.29, 1.82) is 5.26 Å². The van der Waals surface area contributed by atoms with Crippen LogP contribution in [0.4, 0.5) is 0 Å². The Morgan fingerprint density at radius 2 is 2.16 bits per heavy atom. The molecule has 4 aromatic heterocycles. The second-order valence-electron chi connectivity index (χ2n) is 8.31. The Morgan fingerprint density at radius 1 is 1.31 bits per heavy atom. The largest absolute Gasteiger partial charge is 0.465 e. The number of ether oxygens (including phenoxy) is 1. The molecule has 1 aliphatic carbocycles. The maximum atomic E-state index is 11.9. The smallest absolute Gasteiger partial charge is 0.327 e. The van der Waals surface area contributed by atoms with Crippen molar-refractivity contribution in [1.82, 2.24) is 29.3 Å².